The van der Waals surface area contributed by atoms with Crippen LogP contribution in [0.15, 0.2) is 60.7 Å². The summed E-state index contributed by atoms with van der Waals surface area (Å²) in [5.41, 5.74) is 8.46. The molecule has 3 aromatic rings. The van der Waals surface area contributed by atoms with E-state index in [4.69, 9.17) is 4.74 Å². The van der Waals surface area contributed by atoms with Crippen LogP contribution in [0.5, 0.6) is 0 Å². The normalized spacial score (nSPS) is 13.9. The van der Waals surface area contributed by atoms with Crippen molar-refractivity contribution in [2.75, 3.05) is 6.61 Å². The zero-order valence-corrected chi connectivity index (χ0v) is 16.2. The lowest BCUT2D eigenvalue weighted by Gasteiger charge is -2.16. The van der Waals surface area contributed by atoms with Crippen LogP contribution in [-0.4, -0.2) is 18.4 Å². The van der Waals surface area contributed by atoms with E-state index in [-0.39, 0.29) is 12.4 Å². The van der Waals surface area contributed by atoms with Gasteiger partial charge in [-0.25, -0.2) is 4.79 Å². The van der Waals surface area contributed by atoms with Crippen LogP contribution < -0.4 is 0 Å². The van der Waals surface area contributed by atoms with Crippen LogP contribution in [0.2, 0.25) is 0 Å². The molecule has 2 aliphatic rings. The molecule has 0 unspecified atom stereocenters. The van der Waals surface area contributed by atoms with Crippen molar-refractivity contribution >= 4 is 11.8 Å². The minimum Gasteiger partial charge on any atom is -0.454 e. The topological polar surface area (TPSA) is 43.4 Å². The Kier molecular flexibility index (Phi) is 4.51. The molecule has 3 nitrogen and oxygen atoms in total. The fraction of sp³-hybridized carbons (Fsp3) is 0.231. The lowest BCUT2D eigenvalue weighted by atomic mass is 9.90. The third kappa shape index (κ3) is 3.38. The summed E-state index contributed by atoms with van der Waals surface area (Å²) in [6, 6.07) is 19.8. The predicted molar refractivity (Wildman–Crippen MR) is 112 cm³/mol. The van der Waals surface area contributed by atoms with Crippen molar-refractivity contribution in [3.63, 3.8) is 0 Å². The van der Waals surface area contributed by atoms with E-state index in [2.05, 4.69) is 12.1 Å². The van der Waals surface area contributed by atoms with Crippen LogP contribution in [0.4, 0.5) is 0 Å². The van der Waals surface area contributed by atoms with E-state index in [1.165, 1.54) is 34.2 Å². The highest BCUT2D eigenvalue weighted by Gasteiger charge is 2.20. The van der Waals surface area contributed by atoms with Gasteiger partial charge >= 0.3 is 5.97 Å². The third-order valence-electron chi connectivity index (χ3n) is 6.04. The van der Waals surface area contributed by atoms with Gasteiger partial charge in [0.05, 0.1) is 5.56 Å². The summed E-state index contributed by atoms with van der Waals surface area (Å²) in [6.45, 7) is -0.240. The summed E-state index contributed by atoms with van der Waals surface area (Å²) in [6.07, 6.45) is 5.34. The summed E-state index contributed by atoms with van der Waals surface area (Å²) < 4.78 is 5.34. The summed E-state index contributed by atoms with van der Waals surface area (Å²) in [7, 11) is 0. The molecule has 3 heteroatoms. The number of aryl methyl sites for hydroxylation is 2. The molecule has 0 bridgehead atoms. The largest absolute Gasteiger partial charge is 0.454 e. The van der Waals surface area contributed by atoms with Gasteiger partial charge in [-0.3, -0.25) is 4.79 Å². The van der Waals surface area contributed by atoms with Gasteiger partial charge in [-0.15, -0.1) is 0 Å². The van der Waals surface area contributed by atoms with E-state index >= 15 is 0 Å². The Morgan fingerprint density at radius 2 is 1.45 bits per heavy atom. The van der Waals surface area contributed by atoms with Gasteiger partial charge in [-0.1, -0.05) is 42.5 Å². The summed E-state index contributed by atoms with van der Waals surface area (Å²) in [4.78, 5) is 25.1. The number of Topliss-reactive ketones (excluding diaryl/α,β-unsaturated/α-hetero) is 1. The second-order valence-electron chi connectivity index (χ2n) is 7.90. The molecule has 0 fully saturated rings. The molecule has 5 rings (SSSR count). The maximum atomic E-state index is 12.6. The summed E-state index contributed by atoms with van der Waals surface area (Å²) in [5.74, 6) is -0.610. The minimum absolute atomic E-state index is 0.177. The van der Waals surface area contributed by atoms with Gasteiger partial charge in [-0.2, -0.15) is 0 Å². The Labute approximate surface area is 170 Å². The second-order valence-corrected chi connectivity index (χ2v) is 7.90. The number of fused-ring (bicyclic) bond motifs is 4. The number of esters is 1. The SMILES string of the molecule is O=C(COC(=O)c1ccc2c(c1)CCCC2)c1ccc2c(c1)-c1ccccc1C2. The first-order chi connectivity index (χ1) is 14.2. The standard InChI is InChI=1S/C26H22O3/c27-25(16-29-26(28)22-12-9-17-5-1-2-6-18(17)13-22)21-11-10-20-14-19-7-3-4-8-23(19)24(20)15-21/h3-4,7-13,15H,1-2,5-6,14,16H2. The molecule has 0 saturated carbocycles. The van der Waals surface area contributed by atoms with Crippen molar-refractivity contribution in [1.82, 2.24) is 0 Å². The molecule has 0 spiro atoms. The Morgan fingerprint density at radius 1 is 0.724 bits per heavy atom. The fourth-order valence-electron chi connectivity index (χ4n) is 4.46. The number of carbonyl (C=O) groups is 2. The third-order valence-corrected chi connectivity index (χ3v) is 6.04. The fourth-order valence-corrected chi connectivity index (χ4v) is 4.46. The molecule has 0 radical (unpaired) electrons. The van der Waals surface area contributed by atoms with E-state index < -0.39 is 5.97 Å². The van der Waals surface area contributed by atoms with Gasteiger partial charge in [0.25, 0.3) is 0 Å². The number of carbonyl (C=O) groups excluding carboxylic acids is 2. The van der Waals surface area contributed by atoms with Crippen LogP contribution in [0.25, 0.3) is 11.1 Å². The number of hydrogen-bond donors (Lipinski definition) is 0. The minimum atomic E-state index is -0.432. The number of hydrogen-bond acceptors (Lipinski definition) is 3. The summed E-state index contributed by atoms with van der Waals surface area (Å²) >= 11 is 0. The van der Waals surface area contributed by atoms with Crippen molar-refractivity contribution in [3.8, 4) is 11.1 Å². The van der Waals surface area contributed by atoms with Crippen molar-refractivity contribution < 1.29 is 14.3 Å². The van der Waals surface area contributed by atoms with Crippen molar-refractivity contribution in [2.24, 2.45) is 0 Å². The van der Waals surface area contributed by atoms with Gasteiger partial charge < -0.3 is 4.74 Å². The van der Waals surface area contributed by atoms with E-state index in [0.717, 1.165) is 31.2 Å². The van der Waals surface area contributed by atoms with Crippen LogP contribution >= 0.6 is 0 Å². The molecule has 3 aromatic carbocycles. The molecule has 0 aromatic heterocycles. The van der Waals surface area contributed by atoms with Crippen molar-refractivity contribution in [3.05, 3.63) is 94.0 Å². The first kappa shape index (κ1) is 17.9. The lowest BCUT2D eigenvalue weighted by Crippen LogP contribution is -2.15. The van der Waals surface area contributed by atoms with Crippen LogP contribution in [0.1, 0.15) is 55.8 Å². The highest BCUT2D eigenvalue weighted by atomic mass is 16.5. The zero-order valence-electron chi connectivity index (χ0n) is 16.2. The van der Waals surface area contributed by atoms with E-state index in [1.54, 1.807) is 0 Å². The number of rotatable bonds is 4. The number of ether oxygens (including phenoxy) is 1. The van der Waals surface area contributed by atoms with E-state index in [0.29, 0.717) is 11.1 Å². The highest BCUT2D eigenvalue weighted by molar-refractivity contribution is 6.00. The van der Waals surface area contributed by atoms with Crippen molar-refractivity contribution in [2.45, 2.75) is 32.1 Å². The van der Waals surface area contributed by atoms with E-state index in [9.17, 15) is 9.59 Å². The van der Waals surface area contributed by atoms with Crippen molar-refractivity contribution in [1.29, 1.82) is 0 Å². The number of ketones is 1. The van der Waals surface area contributed by atoms with E-state index in [1.807, 2.05) is 48.5 Å². The van der Waals surface area contributed by atoms with Crippen LogP contribution in [0.3, 0.4) is 0 Å². The smallest absolute Gasteiger partial charge is 0.338 e. The first-order valence-electron chi connectivity index (χ1n) is 10.2. The summed E-state index contributed by atoms with van der Waals surface area (Å²) in [5, 5.41) is 0. The molecule has 144 valence electrons. The zero-order chi connectivity index (χ0) is 19.8. The molecule has 0 aliphatic heterocycles. The Balaban J connectivity index is 1.29. The average molecular weight is 382 g/mol. The Hall–Kier alpha value is -3.20. The molecule has 2 aliphatic carbocycles. The van der Waals surface area contributed by atoms with Gasteiger partial charge in [0.1, 0.15) is 0 Å². The maximum Gasteiger partial charge on any atom is 0.338 e. The van der Waals surface area contributed by atoms with Crippen LogP contribution in [0, 0.1) is 0 Å². The van der Waals surface area contributed by atoms with Crippen LogP contribution in [-0.2, 0) is 24.0 Å². The van der Waals surface area contributed by atoms with Gasteiger partial charge in [-0.05, 0) is 83.7 Å². The molecular weight excluding hydrogens is 360 g/mol. The molecule has 0 saturated heterocycles. The highest BCUT2D eigenvalue weighted by Crippen LogP contribution is 2.36. The molecule has 0 amide bonds. The molecule has 0 N–H and O–H groups in total. The maximum absolute atomic E-state index is 12.6. The second kappa shape index (κ2) is 7.32. The average Bonchev–Trinajstić information content (AvgIpc) is 3.14. The lowest BCUT2D eigenvalue weighted by molar-refractivity contribution is 0.0474. The predicted octanol–water partition coefficient (Wildman–Crippen LogP) is 5.18. The molecular formula is C26H22O3. The van der Waals surface area contributed by atoms with Gasteiger partial charge in [0.2, 0.25) is 0 Å². The Morgan fingerprint density at radius 3 is 2.34 bits per heavy atom. The molecule has 0 heterocycles. The van der Waals surface area contributed by atoms with Gasteiger partial charge in [0, 0.05) is 5.56 Å². The molecule has 29 heavy (non-hydrogen) atoms. The molecule has 0 atom stereocenters. The quantitative estimate of drug-likeness (QED) is 0.361. The first-order valence-corrected chi connectivity index (χ1v) is 10.2. The monoisotopic (exact) mass is 382 g/mol. The Bertz CT molecular complexity index is 1130. The number of benzene rings is 3. The van der Waals surface area contributed by atoms with Gasteiger partial charge in [0.15, 0.2) is 12.4 Å².